The predicted molar refractivity (Wildman–Crippen MR) is 93.7 cm³/mol. The number of aliphatic hydroxyl groups excluding tert-OH is 1. The van der Waals surface area contributed by atoms with E-state index in [4.69, 9.17) is 0 Å². The minimum Gasteiger partial charge on any atom is -0.388 e. The number of aliphatic hydroxyl groups is 1. The zero-order chi connectivity index (χ0) is 15.4. The third-order valence-electron chi connectivity index (χ3n) is 6.30. The predicted octanol–water partition coefficient (Wildman–Crippen LogP) is 5.65. The first-order valence-corrected chi connectivity index (χ1v) is 9.88. The maximum absolute atomic E-state index is 10.6. The zero-order valence-corrected chi connectivity index (χ0v) is 14.3. The summed E-state index contributed by atoms with van der Waals surface area (Å²) in [5, 5.41) is 10.6. The molecule has 1 nitrogen and oxygen atoms in total. The number of hydrogen-bond donors (Lipinski definition) is 1. The molecule has 1 heteroatoms. The van der Waals surface area contributed by atoms with Crippen LogP contribution in [-0.4, -0.2) is 11.2 Å². The zero-order valence-electron chi connectivity index (χ0n) is 14.3. The van der Waals surface area contributed by atoms with Crippen LogP contribution in [-0.2, 0) is 0 Å². The maximum atomic E-state index is 10.6. The average Bonchev–Trinajstić information content (AvgIpc) is 3.20. The second-order valence-corrected chi connectivity index (χ2v) is 7.87. The van der Waals surface area contributed by atoms with Gasteiger partial charge >= 0.3 is 0 Å². The van der Waals surface area contributed by atoms with Crippen LogP contribution in [0, 0.1) is 23.7 Å². The fourth-order valence-corrected chi connectivity index (χ4v) is 5.04. The molecule has 0 saturated heterocycles. The lowest BCUT2D eigenvalue weighted by molar-refractivity contribution is 0.121. The Morgan fingerprint density at radius 3 is 2.23 bits per heavy atom. The van der Waals surface area contributed by atoms with Crippen molar-refractivity contribution in [1.29, 1.82) is 0 Å². The molecule has 2 bridgehead atoms. The highest BCUT2D eigenvalue weighted by Gasteiger charge is 2.50. The molecule has 0 unspecified atom stereocenters. The smallest absolute Gasteiger partial charge is 0.0789 e. The SMILES string of the molecule is CCCCCCCCCCCC1=C[C@H]2[C@@H]([C@@H]1O)[C@H]1C=C[C@@H]2C1. The largest absolute Gasteiger partial charge is 0.388 e. The molecule has 3 aliphatic rings. The molecule has 1 saturated carbocycles. The quantitative estimate of drug-likeness (QED) is 0.408. The van der Waals surface area contributed by atoms with Crippen molar-refractivity contribution in [2.45, 2.75) is 83.7 Å². The highest BCUT2D eigenvalue weighted by atomic mass is 16.3. The van der Waals surface area contributed by atoms with Gasteiger partial charge in [-0.15, -0.1) is 0 Å². The van der Waals surface area contributed by atoms with E-state index in [1.54, 1.807) is 0 Å². The fourth-order valence-electron chi connectivity index (χ4n) is 5.04. The van der Waals surface area contributed by atoms with E-state index in [2.05, 4.69) is 25.2 Å². The van der Waals surface area contributed by atoms with Gasteiger partial charge in [0.2, 0.25) is 0 Å². The van der Waals surface area contributed by atoms with Crippen LogP contribution in [0.15, 0.2) is 23.8 Å². The van der Waals surface area contributed by atoms with Gasteiger partial charge in [-0.2, -0.15) is 0 Å². The molecule has 0 aromatic rings. The third-order valence-corrected chi connectivity index (χ3v) is 6.30. The second-order valence-electron chi connectivity index (χ2n) is 7.87. The van der Waals surface area contributed by atoms with E-state index in [1.807, 2.05) is 0 Å². The van der Waals surface area contributed by atoms with Crippen LogP contribution >= 0.6 is 0 Å². The van der Waals surface area contributed by atoms with Crippen molar-refractivity contribution >= 4 is 0 Å². The van der Waals surface area contributed by atoms with Crippen LogP contribution < -0.4 is 0 Å². The number of unbranched alkanes of at least 4 members (excludes halogenated alkanes) is 8. The van der Waals surface area contributed by atoms with Crippen molar-refractivity contribution in [1.82, 2.24) is 0 Å². The van der Waals surface area contributed by atoms with E-state index in [-0.39, 0.29) is 6.10 Å². The second kappa shape index (κ2) is 7.81. The van der Waals surface area contributed by atoms with Crippen molar-refractivity contribution in [3.63, 3.8) is 0 Å². The van der Waals surface area contributed by atoms with Gasteiger partial charge in [-0.25, -0.2) is 0 Å². The molecule has 0 aromatic carbocycles. The normalized spacial score (nSPS) is 35.2. The number of hydrogen-bond acceptors (Lipinski definition) is 1. The topological polar surface area (TPSA) is 20.2 Å². The van der Waals surface area contributed by atoms with Crippen LogP contribution in [0.25, 0.3) is 0 Å². The standard InChI is InChI=1S/C21H34O/c1-2-3-4-5-6-7-8-9-10-11-18-15-19-16-12-13-17(14-16)20(19)21(18)22/h12-13,15-17,19-22H,2-11,14H2,1H3/t16-,17+,19-,20+,21-/m1/s1. The van der Waals surface area contributed by atoms with E-state index >= 15 is 0 Å². The van der Waals surface area contributed by atoms with Crippen molar-refractivity contribution in [2.24, 2.45) is 23.7 Å². The summed E-state index contributed by atoms with van der Waals surface area (Å²) in [6, 6.07) is 0. The average molecular weight is 303 g/mol. The van der Waals surface area contributed by atoms with Gasteiger partial charge in [-0.1, -0.05) is 76.5 Å². The minimum absolute atomic E-state index is 0.126. The minimum atomic E-state index is -0.126. The van der Waals surface area contributed by atoms with Gasteiger partial charge in [0.15, 0.2) is 0 Å². The molecule has 1 N–H and O–H groups in total. The Hall–Kier alpha value is -0.560. The lowest BCUT2D eigenvalue weighted by Gasteiger charge is -2.24. The molecule has 0 spiro atoms. The van der Waals surface area contributed by atoms with Crippen LogP contribution in [0.5, 0.6) is 0 Å². The van der Waals surface area contributed by atoms with Crippen LogP contribution in [0.3, 0.4) is 0 Å². The maximum Gasteiger partial charge on any atom is 0.0789 e. The molecule has 0 aromatic heterocycles. The summed E-state index contributed by atoms with van der Waals surface area (Å²) >= 11 is 0. The van der Waals surface area contributed by atoms with E-state index < -0.39 is 0 Å². The van der Waals surface area contributed by atoms with Gasteiger partial charge in [0.1, 0.15) is 0 Å². The molecule has 22 heavy (non-hydrogen) atoms. The van der Waals surface area contributed by atoms with E-state index in [0.29, 0.717) is 17.8 Å². The fraction of sp³-hybridized carbons (Fsp3) is 0.810. The molecule has 0 aliphatic heterocycles. The van der Waals surface area contributed by atoms with Crippen LogP contribution in [0.1, 0.15) is 77.6 Å². The Balaban J connectivity index is 1.28. The highest BCUT2D eigenvalue weighted by molar-refractivity contribution is 5.30. The van der Waals surface area contributed by atoms with Crippen molar-refractivity contribution in [3.8, 4) is 0 Å². The molecular weight excluding hydrogens is 268 g/mol. The van der Waals surface area contributed by atoms with Gasteiger partial charge in [0.05, 0.1) is 6.10 Å². The summed E-state index contributed by atoms with van der Waals surface area (Å²) in [6.07, 6.45) is 22.0. The third kappa shape index (κ3) is 3.50. The van der Waals surface area contributed by atoms with Crippen LogP contribution in [0.2, 0.25) is 0 Å². The van der Waals surface area contributed by atoms with E-state index in [1.165, 1.54) is 69.8 Å². The Labute approximate surface area is 136 Å². The summed E-state index contributed by atoms with van der Waals surface area (Å²) in [6.45, 7) is 2.28. The summed E-state index contributed by atoms with van der Waals surface area (Å²) in [7, 11) is 0. The molecule has 5 atom stereocenters. The Bertz CT molecular complexity index is 408. The Morgan fingerprint density at radius 1 is 0.909 bits per heavy atom. The molecule has 0 amide bonds. The van der Waals surface area contributed by atoms with Crippen LogP contribution in [0.4, 0.5) is 0 Å². The Morgan fingerprint density at radius 2 is 1.55 bits per heavy atom. The Kier molecular flexibility index (Phi) is 5.79. The number of rotatable bonds is 10. The number of fused-ring (bicyclic) bond motifs is 5. The molecular formula is C21H34O. The first-order valence-electron chi connectivity index (χ1n) is 9.88. The van der Waals surface area contributed by atoms with Crippen molar-refractivity contribution in [3.05, 3.63) is 23.8 Å². The molecule has 1 fully saturated rings. The summed E-state index contributed by atoms with van der Waals surface area (Å²) < 4.78 is 0. The molecule has 3 rings (SSSR count). The summed E-state index contributed by atoms with van der Waals surface area (Å²) in [5.41, 5.74) is 1.37. The molecule has 0 radical (unpaired) electrons. The summed E-state index contributed by atoms with van der Waals surface area (Å²) in [5.74, 6) is 2.61. The molecule has 124 valence electrons. The van der Waals surface area contributed by atoms with E-state index in [9.17, 15) is 5.11 Å². The monoisotopic (exact) mass is 302 g/mol. The number of allylic oxidation sites excluding steroid dienone is 3. The highest BCUT2D eigenvalue weighted by Crippen LogP contribution is 2.55. The first kappa shape index (κ1) is 16.3. The van der Waals surface area contributed by atoms with Crippen molar-refractivity contribution in [2.75, 3.05) is 0 Å². The van der Waals surface area contributed by atoms with Gasteiger partial charge in [0.25, 0.3) is 0 Å². The molecule has 0 heterocycles. The van der Waals surface area contributed by atoms with Crippen molar-refractivity contribution < 1.29 is 5.11 Å². The van der Waals surface area contributed by atoms with Gasteiger partial charge < -0.3 is 5.11 Å². The summed E-state index contributed by atoms with van der Waals surface area (Å²) in [4.78, 5) is 0. The molecule has 3 aliphatic carbocycles. The lowest BCUT2D eigenvalue weighted by atomic mass is 9.84. The van der Waals surface area contributed by atoms with Gasteiger partial charge in [-0.3, -0.25) is 0 Å². The van der Waals surface area contributed by atoms with Gasteiger partial charge in [-0.05, 0) is 42.6 Å². The van der Waals surface area contributed by atoms with E-state index in [0.717, 1.165) is 12.3 Å². The van der Waals surface area contributed by atoms with Gasteiger partial charge in [0, 0.05) is 5.92 Å². The first-order chi connectivity index (χ1) is 10.8. The lowest BCUT2D eigenvalue weighted by Crippen LogP contribution is -2.25.